The highest BCUT2D eigenvalue weighted by molar-refractivity contribution is 5.94. The summed E-state index contributed by atoms with van der Waals surface area (Å²) < 4.78 is 11.0. The van der Waals surface area contributed by atoms with E-state index in [1.54, 1.807) is 24.3 Å². The minimum Gasteiger partial charge on any atom is -0.481 e. The van der Waals surface area contributed by atoms with Gasteiger partial charge in [-0.1, -0.05) is 78.9 Å². The third-order valence-electron chi connectivity index (χ3n) is 6.43. The molecular weight excluding hydrogens is 486 g/mol. The van der Waals surface area contributed by atoms with E-state index in [0.717, 1.165) is 11.1 Å². The van der Waals surface area contributed by atoms with E-state index < -0.39 is 36.0 Å². The molecule has 0 bridgehead atoms. The lowest BCUT2D eigenvalue weighted by Crippen LogP contribution is -2.36. The Morgan fingerprint density at radius 1 is 0.842 bits per heavy atom. The summed E-state index contributed by atoms with van der Waals surface area (Å²) in [7, 11) is 0. The van der Waals surface area contributed by atoms with Crippen LogP contribution >= 0.6 is 0 Å². The van der Waals surface area contributed by atoms with E-state index in [4.69, 9.17) is 14.6 Å². The Balaban J connectivity index is 1.56. The normalized spacial score (nSPS) is 15.6. The number of esters is 2. The minimum absolute atomic E-state index is 0.0118. The standard InChI is InChI=1S/C30H29NO7/c32-26(33)15-16-31-27(34)22(17-20-9-3-1-4-10-20)19-23(18-21-11-5-2-6-12-21)28(35)37-30-25-14-8-7-13-24(25)29(36)38-30/h1-14,22-23,30H,15-19H2,(H,31,34)(H,32,33)/t22-,23-,30?/m1/s1. The summed E-state index contributed by atoms with van der Waals surface area (Å²) in [4.78, 5) is 49.8. The van der Waals surface area contributed by atoms with Gasteiger partial charge in [-0.05, 0) is 36.5 Å². The molecule has 3 atom stereocenters. The average Bonchev–Trinajstić information content (AvgIpc) is 3.23. The summed E-state index contributed by atoms with van der Waals surface area (Å²) in [5, 5.41) is 11.7. The molecule has 2 N–H and O–H groups in total. The number of carbonyl (C=O) groups is 4. The molecule has 0 saturated heterocycles. The number of nitrogens with one attached hydrogen (secondary N) is 1. The number of aliphatic carboxylic acids is 1. The molecule has 8 nitrogen and oxygen atoms in total. The minimum atomic E-state index is -1.15. The van der Waals surface area contributed by atoms with Crippen molar-refractivity contribution < 1.29 is 33.8 Å². The van der Waals surface area contributed by atoms with Crippen molar-refractivity contribution in [2.24, 2.45) is 11.8 Å². The highest BCUT2D eigenvalue weighted by Crippen LogP contribution is 2.33. The maximum absolute atomic E-state index is 13.5. The molecule has 4 rings (SSSR count). The number of carboxylic acid groups (broad SMARTS) is 1. The predicted octanol–water partition coefficient (Wildman–Crippen LogP) is 4.10. The largest absolute Gasteiger partial charge is 0.481 e. The van der Waals surface area contributed by atoms with Crippen molar-refractivity contribution in [1.82, 2.24) is 5.32 Å². The summed E-state index contributed by atoms with van der Waals surface area (Å²) in [6, 6.07) is 25.6. The number of hydrogen-bond acceptors (Lipinski definition) is 6. The van der Waals surface area contributed by atoms with Crippen LogP contribution in [0.3, 0.4) is 0 Å². The molecule has 3 aromatic rings. The van der Waals surface area contributed by atoms with Gasteiger partial charge in [0.25, 0.3) is 6.29 Å². The van der Waals surface area contributed by atoms with Crippen LogP contribution in [0.4, 0.5) is 0 Å². The van der Waals surface area contributed by atoms with Crippen LogP contribution in [0.1, 0.15) is 46.2 Å². The molecule has 0 radical (unpaired) electrons. The smallest absolute Gasteiger partial charge is 0.342 e. The lowest BCUT2D eigenvalue weighted by molar-refractivity contribution is -0.173. The van der Waals surface area contributed by atoms with Gasteiger partial charge in [-0.15, -0.1) is 0 Å². The van der Waals surface area contributed by atoms with Gasteiger partial charge in [0.15, 0.2) is 0 Å². The predicted molar refractivity (Wildman–Crippen MR) is 138 cm³/mol. The molecule has 196 valence electrons. The van der Waals surface area contributed by atoms with Gasteiger partial charge in [0.2, 0.25) is 5.91 Å². The maximum atomic E-state index is 13.5. The van der Waals surface area contributed by atoms with Gasteiger partial charge >= 0.3 is 17.9 Å². The van der Waals surface area contributed by atoms with Crippen molar-refractivity contribution in [2.45, 2.75) is 32.0 Å². The van der Waals surface area contributed by atoms with Gasteiger partial charge in [0, 0.05) is 18.0 Å². The second-order valence-corrected chi connectivity index (χ2v) is 9.21. The number of rotatable bonds is 12. The first-order valence-corrected chi connectivity index (χ1v) is 12.5. The van der Waals surface area contributed by atoms with Crippen LogP contribution in [0.15, 0.2) is 84.9 Å². The number of carbonyl (C=O) groups excluding carboxylic acids is 3. The molecule has 1 aliphatic rings. The lowest BCUT2D eigenvalue weighted by Gasteiger charge is -2.24. The monoisotopic (exact) mass is 515 g/mol. The number of fused-ring (bicyclic) bond motifs is 1. The molecular formula is C30H29NO7. The van der Waals surface area contributed by atoms with Crippen LogP contribution in [0, 0.1) is 11.8 Å². The number of amides is 1. The summed E-state index contributed by atoms with van der Waals surface area (Å²) in [6.07, 6.45) is -0.522. The van der Waals surface area contributed by atoms with Crippen LogP contribution in [0.5, 0.6) is 0 Å². The van der Waals surface area contributed by atoms with E-state index in [0.29, 0.717) is 24.0 Å². The van der Waals surface area contributed by atoms with Crippen LogP contribution < -0.4 is 5.32 Å². The fourth-order valence-corrected chi connectivity index (χ4v) is 4.53. The van der Waals surface area contributed by atoms with Crippen LogP contribution in [-0.4, -0.2) is 35.5 Å². The third kappa shape index (κ3) is 7.06. The summed E-state index contributed by atoms with van der Waals surface area (Å²) in [5.74, 6) is -3.83. The number of hydrogen-bond donors (Lipinski definition) is 2. The summed E-state index contributed by atoms with van der Waals surface area (Å²) in [5.41, 5.74) is 2.64. The lowest BCUT2D eigenvalue weighted by atomic mass is 9.85. The number of cyclic esters (lactones) is 1. The SMILES string of the molecule is O=C(O)CCNC(=O)[C@H](Cc1ccccc1)C[C@@H](Cc1ccccc1)C(=O)OC1OC(=O)c2ccccc21. The molecule has 0 aliphatic carbocycles. The molecule has 1 aliphatic heterocycles. The maximum Gasteiger partial charge on any atom is 0.342 e. The third-order valence-corrected chi connectivity index (χ3v) is 6.43. The molecule has 38 heavy (non-hydrogen) atoms. The Kier molecular flexibility index (Phi) is 8.87. The fraction of sp³-hybridized carbons (Fsp3) is 0.267. The van der Waals surface area contributed by atoms with Gasteiger partial charge < -0.3 is 19.9 Å². The molecule has 0 aromatic heterocycles. The Labute approximate surface area is 220 Å². The van der Waals surface area contributed by atoms with Crippen molar-refractivity contribution in [3.05, 3.63) is 107 Å². The van der Waals surface area contributed by atoms with Crippen molar-refractivity contribution >= 4 is 23.8 Å². The quantitative estimate of drug-likeness (QED) is 0.349. The average molecular weight is 516 g/mol. The number of ether oxygens (including phenoxy) is 2. The van der Waals surface area contributed by atoms with Crippen molar-refractivity contribution in [3.8, 4) is 0 Å². The van der Waals surface area contributed by atoms with Gasteiger partial charge in [-0.2, -0.15) is 0 Å². The Hall–Kier alpha value is -4.46. The van der Waals surface area contributed by atoms with Crippen molar-refractivity contribution in [2.75, 3.05) is 6.54 Å². The topological polar surface area (TPSA) is 119 Å². The number of carboxylic acids is 1. The first kappa shape index (κ1) is 26.6. The van der Waals surface area contributed by atoms with E-state index in [2.05, 4.69) is 5.32 Å². The highest BCUT2D eigenvalue weighted by Gasteiger charge is 2.36. The van der Waals surface area contributed by atoms with E-state index in [1.807, 2.05) is 60.7 Å². The molecule has 0 fully saturated rings. The zero-order chi connectivity index (χ0) is 26.9. The summed E-state index contributed by atoms with van der Waals surface area (Å²) >= 11 is 0. The van der Waals surface area contributed by atoms with E-state index in [-0.39, 0.29) is 25.3 Å². The van der Waals surface area contributed by atoms with Gasteiger partial charge in [-0.3, -0.25) is 14.4 Å². The van der Waals surface area contributed by atoms with Crippen molar-refractivity contribution in [1.29, 1.82) is 0 Å². The zero-order valence-corrected chi connectivity index (χ0v) is 20.7. The molecule has 0 saturated carbocycles. The zero-order valence-electron chi connectivity index (χ0n) is 20.7. The van der Waals surface area contributed by atoms with Crippen LogP contribution in [0.25, 0.3) is 0 Å². The summed E-state index contributed by atoms with van der Waals surface area (Å²) in [6.45, 7) is -0.0118. The van der Waals surface area contributed by atoms with Crippen LogP contribution in [-0.2, 0) is 36.7 Å². The molecule has 1 heterocycles. The molecule has 8 heteroatoms. The van der Waals surface area contributed by atoms with Gasteiger partial charge in [-0.25, -0.2) is 4.79 Å². The van der Waals surface area contributed by atoms with Crippen molar-refractivity contribution in [3.63, 3.8) is 0 Å². The first-order chi connectivity index (χ1) is 18.4. The van der Waals surface area contributed by atoms with E-state index in [1.165, 1.54) is 0 Å². The Morgan fingerprint density at radius 2 is 1.42 bits per heavy atom. The van der Waals surface area contributed by atoms with Gasteiger partial charge in [0.1, 0.15) is 0 Å². The highest BCUT2D eigenvalue weighted by atomic mass is 16.7. The fourth-order valence-electron chi connectivity index (χ4n) is 4.53. The number of benzene rings is 3. The second kappa shape index (κ2) is 12.7. The first-order valence-electron chi connectivity index (χ1n) is 12.5. The second-order valence-electron chi connectivity index (χ2n) is 9.21. The molecule has 1 unspecified atom stereocenters. The van der Waals surface area contributed by atoms with E-state index >= 15 is 0 Å². The Morgan fingerprint density at radius 3 is 2.05 bits per heavy atom. The van der Waals surface area contributed by atoms with Crippen LogP contribution in [0.2, 0.25) is 0 Å². The molecule has 1 amide bonds. The van der Waals surface area contributed by atoms with Gasteiger partial charge in [0.05, 0.1) is 17.9 Å². The molecule has 3 aromatic carbocycles. The molecule has 0 spiro atoms. The Bertz CT molecular complexity index is 1280. The van der Waals surface area contributed by atoms with E-state index in [9.17, 15) is 19.2 Å².